The Morgan fingerprint density at radius 2 is 1.75 bits per heavy atom. The first-order chi connectivity index (χ1) is 9.62. The molecule has 3 N–H and O–H groups in total. The van der Waals surface area contributed by atoms with Gasteiger partial charge in [0, 0.05) is 12.1 Å². The van der Waals surface area contributed by atoms with Gasteiger partial charge in [-0.2, -0.15) is 0 Å². The quantitative estimate of drug-likeness (QED) is 0.531. The number of rotatable bonds is 8. The molecule has 0 bridgehead atoms. The molecule has 0 aromatic heterocycles. The van der Waals surface area contributed by atoms with Crippen LogP contribution in [0.25, 0.3) is 0 Å². The van der Waals surface area contributed by atoms with Crippen LogP contribution in [0.1, 0.15) is 59.8 Å². The maximum absolute atomic E-state index is 6.00. The predicted molar refractivity (Wildman–Crippen MR) is 88.0 cm³/mol. The number of likely N-dealkylation sites (tertiary alicyclic amines) is 1. The van der Waals surface area contributed by atoms with E-state index in [0.29, 0.717) is 18.0 Å². The van der Waals surface area contributed by atoms with E-state index in [-0.39, 0.29) is 0 Å². The number of hydrogen-bond donors (Lipinski definition) is 2. The minimum absolute atomic E-state index is 0.400. The summed E-state index contributed by atoms with van der Waals surface area (Å²) in [6.07, 6.45) is 6.19. The van der Waals surface area contributed by atoms with Crippen molar-refractivity contribution in [1.82, 2.24) is 10.2 Å². The largest absolute Gasteiger partial charge is 0.370 e. The van der Waals surface area contributed by atoms with Crippen LogP contribution in [0.15, 0.2) is 4.99 Å². The molecule has 0 saturated carbocycles. The normalized spacial score (nSPS) is 20.4. The zero-order valence-electron chi connectivity index (χ0n) is 13.9. The molecule has 1 aliphatic heterocycles. The van der Waals surface area contributed by atoms with Crippen molar-refractivity contribution < 1.29 is 0 Å². The second-order valence-corrected chi connectivity index (χ2v) is 6.07. The molecule has 0 amide bonds. The Balaban J connectivity index is 2.61. The summed E-state index contributed by atoms with van der Waals surface area (Å²) in [4.78, 5) is 7.24. The van der Waals surface area contributed by atoms with E-state index in [2.05, 4.69) is 42.9 Å². The third-order valence-electron chi connectivity index (χ3n) is 4.66. The van der Waals surface area contributed by atoms with Gasteiger partial charge in [0.15, 0.2) is 5.96 Å². The summed E-state index contributed by atoms with van der Waals surface area (Å²) in [5.74, 6) is 1.34. The van der Waals surface area contributed by atoms with E-state index in [9.17, 15) is 0 Å². The van der Waals surface area contributed by atoms with E-state index >= 15 is 0 Å². The number of nitrogens with zero attached hydrogens (tertiary/aromatic N) is 2. The molecule has 2 unspecified atom stereocenters. The average molecular weight is 282 g/mol. The number of hydrogen-bond acceptors (Lipinski definition) is 2. The van der Waals surface area contributed by atoms with Gasteiger partial charge in [0.2, 0.25) is 0 Å². The maximum atomic E-state index is 6.00. The summed E-state index contributed by atoms with van der Waals surface area (Å²) in [5, 5.41) is 3.26. The van der Waals surface area contributed by atoms with Crippen molar-refractivity contribution in [2.24, 2.45) is 16.6 Å². The third-order valence-corrected chi connectivity index (χ3v) is 4.66. The smallest absolute Gasteiger partial charge is 0.188 e. The molecule has 2 atom stereocenters. The highest BCUT2D eigenvalue weighted by atomic mass is 15.2. The van der Waals surface area contributed by atoms with Crippen LogP contribution in [0.3, 0.4) is 0 Å². The van der Waals surface area contributed by atoms with Crippen molar-refractivity contribution in [2.75, 3.05) is 19.6 Å². The molecule has 1 fully saturated rings. The number of aliphatic imine (C=N–C) groups is 1. The molecule has 0 spiro atoms. The fourth-order valence-electron chi connectivity index (χ4n) is 3.06. The molecule has 1 heterocycles. The van der Waals surface area contributed by atoms with Crippen molar-refractivity contribution >= 4 is 5.96 Å². The monoisotopic (exact) mass is 282 g/mol. The van der Waals surface area contributed by atoms with Gasteiger partial charge in [-0.3, -0.25) is 9.89 Å². The van der Waals surface area contributed by atoms with Gasteiger partial charge in [-0.15, -0.1) is 0 Å². The van der Waals surface area contributed by atoms with Crippen LogP contribution >= 0.6 is 0 Å². The fourth-order valence-corrected chi connectivity index (χ4v) is 3.06. The summed E-state index contributed by atoms with van der Waals surface area (Å²) in [6, 6.07) is 0.960. The minimum atomic E-state index is 0.400. The highest BCUT2D eigenvalue weighted by Crippen LogP contribution is 2.23. The van der Waals surface area contributed by atoms with Gasteiger partial charge in [0.25, 0.3) is 0 Å². The zero-order chi connectivity index (χ0) is 15.0. The average Bonchev–Trinajstić information content (AvgIpc) is 2.97. The summed E-state index contributed by atoms with van der Waals surface area (Å²) < 4.78 is 0. The lowest BCUT2D eigenvalue weighted by molar-refractivity contribution is 0.172. The number of nitrogens with two attached hydrogens (primary N) is 1. The molecule has 1 rings (SSSR count). The van der Waals surface area contributed by atoms with E-state index in [1.807, 2.05) is 0 Å². The molecule has 118 valence electrons. The highest BCUT2D eigenvalue weighted by Gasteiger charge is 2.27. The Labute approximate surface area is 125 Å². The van der Waals surface area contributed by atoms with Gasteiger partial charge < -0.3 is 11.1 Å². The van der Waals surface area contributed by atoms with Gasteiger partial charge in [0.1, 0.15) is 0 Å². The SMILES string of the molecule is CCC(C)NC(N)=NCC(C(CC)CC)N1CCCC1. The van der Waals surface area contributed by atoms with E-state index in [1.165, 1.54) is 38.8 Å². The van der Waals surface area contributed by atoms with Crippen LogP contribution in [0.5, 0.6) is 0 Å². The highest BCUT2D eigenvalue weighted by molar-refractivity contribution is 5.78. The van der Waals surface area contributed by atoms with Crippen LogP contribution in [0, 0.1) is 5.92 Å². The maximum Gasteiger partial charge on any atom is 0.188 e. The topological polar surface area (TPSA) is 53.6 Å². The molecular formula is C16H34N4. The van der Waals surface area contributed by atoms with Crippen LogP contribution in [-0.2, 0) is 0 Å². The lowest BCUT2D eigenvalue weighted by Crippen LogP contribution is -2.43. The Morgan fingerprint density at radius 3 is 2.25 bits per heavy atom. The lowest BCUT2D eigenvalue weighted by Gasteiger charge is -2.32. The molecule has 20 heavy (non-hydrogen) atoms. The van der Waals surface area contributed by atoms with Gasteiger partial charge in [-0.05, 0) is 45.2 Å². The van der Waals surface area contributed by atoms with Gasteiger partial charge >= 0.3 is 0 Å². The summed E-state index contributed by atoms with van der Waals surface area (Å²) >= 11 is 0. The van der Waals surface area contributed by atoms with Crippen molar-refractivity contribution in [3.63, 3.8) is 0 Å². The fraction of sp³-hybridized carbons (Fsp3) is 0.938. The lowest BCUT2D eigenvalue weighted by atomic mass is 9.93. The van der Waals surface area contributed by atoms with Gasteiger partial charge in [0.05, 0.1) is 6.54 Å². The van der Waals surface area contributed by atoms with Crippen molar-refractivity contribution in [2.45, 2.75) is 71.9 Å². The Kier molecular flexibility index (Phi) is 7.97. The molecule has 4 nitrogen and oxygen atoms in total. The van der Waals surface area contributed by atoms with E-state index in [0.717, 1.165) is 18.9 Å². The molecule has 4 heteroatoms. The molecule has 0 aromatic rings. The summed E-state index contributed by atoms with van der Waals surface area (Å²) in [6.45, 7) is 12.2. The van der Waals surface area contributed by atoms with Gasteiger partial charge in [-0.1, -0.05) is 33.6 Å². The Hall–Kier alpha value is -0.770. The first kappa shape index (κ1) is 17.3. The summed E-state index contributed by atoms with van der Waals surface area (Å²) in [7, 11) is 0. The van der Waals surface area contributed by atoms with E-state index < -0.39 is 0 Å². The van der Waals surface area contributed by atoms with Crippen LogP contribution in [0.2, 0.25) is 0 Å². The zero-order valence-corrected chi connectivity index (χ0v) is 13.9. The van der Waals surface area contributed by atoms with Crippen LogP contribution in [-0.4, -0.2) is 42.6 Å². The number of nitrogens with one attached hydrogen (secondary N) is 1. The molecule has 0 aliphatic carbocycles. The molecule has 0 aromatic carbocycles. The van der Waals surface area contributed by atoms with E-state index in [1.54, 1.807) is 0 Å². The van der Waals surface area contributed by atoms with Crippen LogP contribution < -0.4 is 11.1 Å². The number of guanidine groups is 1. The minimum Gasteiger partial charge on any atom is -0.370 e. The van der Waals surface area contributed by atoms with Gasteiger partial charge in [-0.25, -0.2) is 0 Å². The first-order valence-corrected chi connectivity index (χ1v) is 8.42. The van der Waals surface area contributed by atoms with Crippen molar-refractivity contribution in [3.8, 4) is 0 Å². The molecule has 1 aliphatic rings. The standard InChI is InChI=1S/C16H34N4/c1-5-13(4)19-16(17)18-12-15(14(6-2)7-3)20-10-8-9-11-20/h13-15H,5-12H2,1-4H3,(H3,17,18,19). The van der Waals surface area contributed by atoms with Crippen molar-refractivity contribution in [1.29, 1.82) is 0 Å². The predicted octanol–water partition coefficient (Wildman–Crippen LogP) is 2.59. The Morgan fingerprint density at radius 1 is 1.15 bits per heavy atom. The second kappa shape index (κ2) is 9.22. The Bertz CT molecular complexity index is 278. The second-order valence-electron chi connectivity index (χ2n) is 6.07. The molecule has 1 saturated heterocycles. The first-order valence-electron chi connectivity index (χ1n) is 8.42. The molecule has 0 radical (unpaired) electrons. The summed E-state index contributed by atoms with van der Waals surface area (Å²) in [5.41, 5.74) is 6.00. The van der Waals surface area contributed by atoms with E-state index in [4.69, 9.17) is 5.73 Å². The van der Waals surface area contributed by atoms with Crippen LogP contribution in [0.4, 0.5) is 0 Å². The third kappa shape index (κ3) is 5.31. The van der Waals surface area contributed by atoms with Crippen molar-refractivity contribution in [3.05, 3.63) is 0 Å². The molecular weight excluding hydrogens is 248 g/mol.